The number of fused-ring (bicyclic) bond motifs is 5. The molecule has 0 unspecified atom stereocenters. The molecule has 3 aliphatic rings. The molecule has 1 aromatic carbocycles. The summed E-state index contributed by atoms with van der Waals surface area (Å²) in [6, 6.07) is 6.41. The summed E-state index contributed by atoms with van der Waals surface area (Å²) in [5, 5.41) is 10.7. The molecule has 0 radical (unpaired) electrons. The number of rotatable bonds is 2. The molecule has 22 heavy (non-hydrogen) atoms. The molecule has 0 aromatic heterocycles. The Hall–Kier alpha value is -2.23. The number of nitro benzene ring substituents is 1. The lowest BCUT2D eigenvalue weighted by Crippen LogP contribution is -2.20. The van der Waals surface area contributed by atoms with Gasteiger partial charge in [0.1, 0.15) is 0 Å². The second-order valence-corrected chi connectivity index (χ2v) is 6.65. The summed E-state index contributed by atoms with van der Waals surface area (Å²) >= 11 is 0. The molecular formula is C18H17NO3. The molecule has 4 rings (SSSR count). The highest BCUT2D eigenvalue weighted by Crippen LogP contribution is 2.57. The summed E-state index contributed by atoms with van der Waals surface area (Å²) < 4.78 is 0. The van der Waals surface area contributed by atoms with Crippen LogP contribution in [-0.4, -0.2) is 10.7 Å². The molecule has 2 saturated carbocycles. The first-order chi connectivity index (χ1) is 10.6. The van der Waals surface area contributed by atoms with Gasteiger partial charge in [0.05, 0.1) is 4.92 Å². The summed E-state index contributed by atoms with van der Waals surface area (Å²) in [5.74, 6) is 2.14. The van der Waals surface area contributed by atoms with Gasteiger partial charge in [-0.05, 0) is 59.4 Å². The average molecular weight is 295 g/mol. The number of nitrogens with zero attached hydrogens (tertiary/aromatic N) is 1. The van der Waals surface area contributed by atoms with Gasteiger partial charge in [-0.15, -0.1) is 0 Å². The van der Waals surface area contributed by atoms with E-state index in [-0.39, 0.29) is 23.3 Å². The number of Topliss-reactive ketones (excluding diaryl/α,β-unsaturated/α-hetero) is 1. The van der Waals surface area contributed by atoms with Gasteiger partial charge in [0.25, 0.3) is 5.69 Å². The van der Waals surface area contributed by atoms with E-state index >= 15 is 0 Å². The van der Waals surface area contributed by atoms with Crippen LogP contribution in [0.1, 0.15) is 18.9 Å². The second kappa shape index (κ2) is 4.63. The molecule has 0 amide bonds. The van der Waals surface area contributed by atoms with Crippen LogP contribution in [0.5, 0.6) is 0 Å². The Morgan fingerprint density at radius 1 is 1.18 bits per heavy atom. The number of carbonyl (C=O) groups excluding carboxylic acids is 1. The first-order valence-electron chi connectivity index (χ1n) is 7.75. The normalized spacial score (nSPS) is 37.0. The third kappa shape index (κ3) is 1.79. The maximum absolute atomic E-state index is 12.8. The lowest BCUT2D eigenvalue weighted by atomic mass is 9.81. The molecule has 4 heteroatoms. The van der Waals surface area contributed by atoms with Crippen LogP contribution in [0.15, 0.2) is 42.0 Å². The van der Waals surface area contributed by atoms with Crippen molar-refractivity contribution in [2.75, 3.05) is 0 Å². The van der Waals surface area contributed by atoms with Crippen LogP contribution in [0.2, 0.25) is 0 Å². The molecule has 2 bridgehead atoms. The molecule has 3 aliphatic carbocycles. The van der Waals surface area contributed by atoms with E-state index in [9.17, 15) is 14.9 Å². The average Bonchev–Trinajstić information content (AvgIpc) is 3.17. The molecule has 0 aliphatic heterocycles. The third-order valence-corrected chi connectivity index (χ3v) is 5.60. The van der Waals surface area contributed by atoms with E-state index in [1.165, 1.54) is 12.1 Å². The minimum atomic E-state index is -0.409. The second-order valence-electron chi connectivity index (χ2n) is 6.65. The fourth-order valence-corrected chi connectivity index (χ4v) is 4.61. The Balaban J connectivity index is 1.66. The van der Waals surface area contributed by atoms with E-state index in [1.54, 1.807) is 12.1 Å². The van der Waals surface area contributed by atoms with Crippen LogP contribution in [-0.2, 0) is 4.79 Å². The van der Waals surface area contributed by atoms with Gasteiger partial charge in [-0.1, -0.05) is 19.1 Å². The number of hydrogen-bond acceptors (Lipinski definition) is 3. The van der Waals surface area contributed by atoms with Gasteiger partial charge in [-0.2, -0.15) is 0 Å². The van der Waals surface area contributed by atoms with Crippen molar-refractivity contribution in [3.05, 3.63) is 57.7 Å². The Bertz CT molecular complexity index is 716. The number of hydrogen-bond donors (Lipinski definition) is 0. The van der Waals surface area contributed by atoms with E-state index in [4.69, 9.17) is 0 Å². The number of non-ortho nitro benzene ring substituents is 1. The van der Waals surface area contributed by atoms with E-state index in [2.05, 4.69) is 19.1 Å². The molecule has 0 heterocycles. The van der Waals surface area contributed by atoms with Crippen molar-refractivity contribution in [3.63, 3.8) is 0 Å². The van der Waals surface area contributed by atoms with Crippen LogP contribution in [0.3, 0.4) is 0 Å². The minimum absolute atomic E-state index is 0.0760. The smallest absolute Gasteiger partial charge is 0.269 e. The first kappa shape index (κ1) is 13.4. The summed E-state index contributed by atoms with van der Waals surface area (Å²) in [4.78, 5) is 23.0. The van der Waals surface area contributed by atoms with Crippen molar-refractivity contribution < 1.29 is 9.72 Å². The van der Waals surface area contributed by atoms with Crippen LogP contribution in [0, 0.1) is 39.7 Å². The summed E-state index contributed by atoms with van der Waals surface area (Å²) in [5.41, 5.74) is 1.83. The van der Waals surface area contributed by atoms with E-state index in [0.29, 0.717) is 17.8 Å². The lowest BCUT2D eigenvalue weighted by Gasteiger charge is -2.21. The fraction of sp³-hybridized carbons (Fsp3) is 0.389. The molecule has 0 N–H and O–H groups in total. The number of nitro groups is 1. The van der Waals surface area contributed by atoms with Gasteiger partial charge in [-0.3, -0.25) is 14.9 Å². The monoisotopic (exact) mass is 295 g/mol. The van der Waals surface area contributed by atoms with Crippen molar-refractivity contribution in [3.8, 4) is 0 Å². The summed E-state index contributed by atoms with van der Waals surface area (Å²) in [6.07, 6.45) is 7.56. The van der Waals surface area contributed by atoms with Gasteiger partial charge < -0.3 is 0 Å². The Morgan fingerprint density at radius 2 is 1.86 bits per heavy atom. The van der Waals surface area contributed by atoms with Crippen LogP contribution < -0.4 is 0 Å². The molecule has 0 spiro atoms. The molecule has 4 nitrogen and oxygen atoms in total. The van der Waals surface area contributed by atoms with Crippen molar-refractivity contribution in [1.82, 2.24) is 0 Å². The number of allylic oxidation sites excluding steroid dienone is 3. The van der Waals surface area contributed by atoms with E-state index in [1.807, 2.05) is 6.08 Å². The van der Waals surface area contributed by atoms with Crippen molar-refractivity contribution >= 4 is 17.5 Å². The zero-order valence-corrected chi connectivity index (χ0v) is 12.3. The highest BCUT2D eigenvalue weighted by atomic mass is 16.6. The first-order valence-corrected chi connectivity index (χ1v) is 7.75. The topological polar surface area (TPSA) is 60.2 Å². The largest absolute Gasteiger partial charge is 0.294 e. The zero-order chi connectivity index (χ0) is 15.4. The Labute approximate surface area is 128 Å². The zero-order valence-electron chi connectivity index (χ0n) is 12.3. The van der Waals surface area contributed by atoms with Crippen LogP contribution >= 0.6 is 0 Å². The summed E-state index contributed by atoms with van der Waals surface area (Å²) in [6.45, 7) is 2.15. The van der Waals surface area contributed by atoms with Gasteiger partial charge in [0.2, 0.25) is 0 Å². The van der Waals surface area contributed by atoms with Gasteiger partial charge in [0, 0.05) is 18.1 Å². The molecule has 112 valence electrons. The van der Waals surface area contributed by atoms with Gasteiger partial charge >= 0.3 is 0 Å². The fourth-order valence-electron chi connectivity index (χ4n) is 4.61. The van der Waals surface area contributed by atoms with Crippen molar-refractivity contribution in [2.45, 2.75) is 13.3 Å². The SMILES string of the molecule is C[C@@H]1/C(=C\c2ccc([N+](=O)[O-])cc2)C(=O)[C@@H]2[C@H]1[C@@H]1C=C[C@H]2C1. The Kier molecular flexibility index (Phi) is 2.83. The molecule has 2 fully saturated rings. The summed E-state index contributed by atoms with van der Waals surface area (Å²) in [7, 11) is 0. The number of carbonyl (C=O) groups is 1. The van der Waals surface area contributed by atoms with E-state index in [0.717, 1.165) is 17.6 Å². The maximum Gasteiger partial charge on any atom is 0.269 e. The predicted molar refractivity (Wildman–Crippen MR) is 83.0 cm³/mol. The molecule has 5 atom stereocenters. The van der Waals surface area contributed by atoms with Crippen molar-refractivity contribution in [1.29, 1.82) is 0 Å². The number of ketones is 1. The highest BCUT2D eigenvalue weighted by molar-refractivity contribution is 6.04. The third-order valence-electron chi connectivity index (χ3n) is 5.60. The highest BCUT2D eigenvalue weighted by Gasteiger charge is 2.56. The lowest BCUT2D eigenvalue weighted by molar-refractivity contribution is -0.384. The number of benzene rings is 1. The molecular weight excluding hydrogens is 278 g/mol. The molecule has 0 saturated heterocycles. The van der Waals surface area contributed by atoms with Crippen molar-refractivity contribution in [2.24, 2.45) is 29.6 Å². The molecule has 1 aromatic rings. The standard InChI is InChI=1S/C18H17NO3/c1-10-15(8-11-2-6-14(7-3-11)19(21)22)18(20)17-13-5-4-12(9-13)16(10)17/h2-8,10,12-13,16-17H,9H2,1H3/b15-8+/t10-,12-,13+,16-,17+/m1/s1. The quantitative estimate of drug-likeness (QED) is 0.362. The van der Waals surface area contributed by atoms with Crippen LogP contribution in [0.4, 0.5) is 5.69 Å². The van der Waals surface area contributed by atoms with Gasteiger partial charge in [-0.25, -0.2) is 0 Å². The van der Waals surface area contributed by atoms with Crippen LogP contribution in [0.25, 0.3) is 6.08 Å². The van der Waals surface area contributed by atoms with Gasteiger partial charge in [0.15, 0.2) is 5.78 Å². The predicted octanol–water partition coefficient (Wildman–Crippen LogP) is 3.64. The minimum Gasteiger partial charge on any atom is -0.294 e. The Morgan fingerprint density at radius 3 is 2.50 bits per heavy atom. The van der Waals surface area contributed by atoms with E-state index < -0.39 is 4.92 Å². The maximum atomic E-state index is 12.8.